The fourth-order valence-corrected chi connectivity index (χ4v) is 3.19. The summed E-state index contributed by atoms with van der Waals surface area (Å²) in [6.07, 6.45) is 3.68. The predicted molar refractivity (Wildman–Crippen MR) is 76.9 cm³/mol. The maximum absolute atomic E-state index is 12.5. The third kappa shape index (κ3) is 2.14. The lowest BCUT2D eigenvalue weighted by Gasteiger charge is -2.26. The standard InChI is InChI=1S/C16H17N3O2/c20-16(13-8-17-19-7-3-6-15(13)19)18-14-10-21-9-11-4-1-2-5-12(11)14/h1-2,4-5,8,14H,3,6-7,9-10H2,(H,18,20). The molecular weight excluding hydrogens is 266 g/mol. The number of aryl methyl sites for hydroxylation is 1. The Hall–Kier alpha value is -2.14. The van der Waals surface area contributed by atoms with Gasteiger partial charge in [-0.3, -0.25) is 9.48 Å². The third-order valence-corrected chi connectivity index (χ3v) is 4.25. The van der Waals surface area contributed by atoms with Gasteiger partial charge in [-0.15, -0.1) is 0 Å². The van der Waals surface area contributed by atoms with Gasteiger partial charge in [0.25, 0.3) is 5.91 Å². The second-order valence-corrected chi connectivity index (χ2v) is 5.57. The minimum Gasteiger partial charge on any atom is -0.374 e. The van der Waals surface area contributed by atoms with E-state index in [4.69, 9.17) is 4.74 Å². The molecule has 0 saturated heterocycles. The normalized spacial score (nSPS) is 19.9. The van der Waals surface area contributed by atoms with Crippen LogP contribution in [0.2, 0.25) is 0 Å². The predicted octanol–water partition coefficient (Wildman–Crippen LogP) is 1.83. The summed E-state index contributed by atoms with van der Waals surface area (Å²) in [6, 6.07) is 8.02. The molecule has 3 heterocycles. The molecule has 5 nitrogen and oxygen atoms in total. The summed E-state index contributed by atoms with van der Waals surface area (Å²) in [4.78, 5) is 12.5. The van der Waals surface area contributed by atoms with Gasteiger partial charge in [-0.2, -0.15) is 5.10 Å². The summed E-state index contributed by atoms with van der Waals surface area (Å²) in [7, 11) is 0. The largest absolute Gasteiger partial charge is 0.374 e. The molecule has 1 amide bonds. The lowest BCUT2D eigenvalue weighted by molar-refractivity contribution is 0.0708. The zero-order valence-corrected chi connectivity index (χ0v) is 11.7. The van der Waals surface area contributed by atoms with E-state index in [1.807, 2.05) is 22.9 Å². The van der Waals surface area contributed by atoms with Crippen molar-refractivity contribution in [2.75, 3.05) is 6.61 Å². The number of carbonyl (C=O) groups excluding carboxylic acids is 1. The van der Waals surface area contributed by atoms with E-state index in [1.54, 1.807) is 6.20 Å². The first-order valence-electron chi connectivity index (χ1n) is 7.34. The summed E-state index contributed by atoms with van der Waals surface area (Å²) in [5.74, 6) is -0.0524. The van der Waals surface area contributed by atoms with Crippen molar-refractivity contribution in [3.63, 3.8) is 0 Å². The van der Waals surface area contributed by atoms with Crippen LogP contribution in [0.4, 0.5) is 0 Å². The molecule has 2 aliphatic heterocycles. The average molecular weight is 283 g/mol. The number of carbonyl (C=O) groups is 1. The number of aromatic nitrogens is 2. The van der Waals surface area contributed by atoms with E-state index in [1.165, 1.54) is 0 Å². The molecular formula is C16H17N3O2. The van der Waals surface area contributed by atoms with Gasteiger partial charge in [-0.1, -0.05) is 24.3 Å². The number of fused-ring (bicyclic) bond motifs is 2. The Morgan fingerprint density at radius 3 is 3.24 bits per heavy atom. The highest BCUT2D eigenvalue weighted by Gasteiger charge is 2.26. The Bertz CT molecular complexity index is 693. The van der Waals surface area contributed by atoms with Crippen LogP contribution < -0.4 is 5.32 Å². The van der Waals surface area contributed by atoms with Crippen molar-refractivity contribution in [2.24, 2.45) is 0 Å². The number of nitrogens with zero attached hydrogens (tertiary/aromatic N) is 2. The van der Waals surface area contributed by atoms with Crippen molar-refractivity contribution in [1.29, 1.82) is 0 Å². The van der Waals surface area contributed by atoms with Crippen molar-refractivity contribution >= 4 is 5.91 Å². The van der Waals surface area contributed by atoms with E-state index in [-0.39, 0.29) is 11.9 Å². The van der Waals surface area contributed by atoms with Crippen molar-refractivity contribution < 1.29 is 9.53 Å². The molecule has 5 heteroatoms. The van der Waals surface area contributed by atoms with Crippen molar-refractivity contribution in [2.45, 2.75) is 32.0 Å². The first kappa shape index (κ1) is 12.6. The molecule has 1 N–H and O–H groups in total. The summed E-state index contributed by atoms with van der Waals surface area (Å²) in [5.41, 5.74) is 4.06. The van der Waals surface area contributed by atoms with Crippen LogP contribution in [0.3, 0.4) is 0 Å². The first-order chi connectivity index (χ1) is 10.3. The molecule has 1 aromatic heterocycles. The van der Waals surface area contributed by atoms with Crippen LogP contribution in [-0.4, -0.2) is 22.3 Å². The van der Waals surface area contributed by atoms with E-state index in [0.29, 0.717) is 18.8 Å². The number of benzene rings is 1. The van der Waals surface area contributed by atoms with Crippen molar-refractivity contribution in [3.05, 3.63) is 52.8 Å². The van der Waals surface area contributed by atoms with Crippen molar-refractivity contribution in [3.8, 4) is 0 Å². The third-order valence-electron chi connectivity index (χ3n) is 4.25. The van der Waals surface area contributed by atoms with Gasteiger partial charge >= 0.3 is 0 Å². The van der Waals surface area contributed by atoms with Gasteiger partial charge in [0.05, 0.1) is 36.7 Å². The lowest BCUT2D eigenvalue weighted by Crippen LogP contribution is -2.34. The molecule has 0 radical (unpaired) electrons. The second kappa shape index (κ2) is 5.00. The Morgan fingerprint density at radius 2 is 2.29 bits per heavy atom. The number of hydrogen-bond donors (Lipinski definition) is 1. The smallest absolute Gasteiger partial charge is 0.255 e. The van der Waals surface area contributed by atoms with Crippen LogP contribution in [-0.2, 0) is 24.3 Å². The maximum Gasteiger partial charge on any atom is 0.255 e. The molecule has 21 heavy (non-hydrogen) atoms. The highest BCUT2D eigenvalue weighted by Crippen LogP contribution is 2.25. The lowest BCUT2D eigenvalue weighted by atomic mass is 9.99. The zero-order chi connectivity index (χ0) is 14.2. The highest BCUT2D eigenvalue weighted by molar-refractivity contribution is 5.95. The Labute approximate surface area is 122 Å². The van der Waals surface area contributed by atoms with Gasteiger partial charge in [-0.25, -0.2) is 0 Å². The van der Waals surface area contributed by atoms with Crippen LogP contribution in [0, 0.1) is 0 Å². The van der Waals surface area contributed by atoms with Crippen LogP contribution in [0.5, 0.6) is 0 Å². The van der Waals surface area contributed by atoms with Gasteiger partial charge in [0.2, 0.25) is 0 Å². The number of hydrogen-bond acceptors (Lipinski definition) is 3. The van der Waals surface area contributed by atoms with E-state index in [9.17, 15) is 4.79 Å². The molecule has 1 atom stereocenters. The molecule has 1 aromatic carbocycles. The SMILES string of the molecule is O=C(NC1COCc2ccccc21)c1cnn2c1CCC2. The van der Waals surface area contributed by atoms with E-state index in [2.05, 4.69) is 16.5 Å². The van der Waals surface area contributed by atoms with E-state index in [0.717, 1.165) is 36.2 Å². The second-order valence-electron chi connectivity index (χ2n) is 5.57. The molecule has 4 rings (SSSR count). The van der Waals surface area contributed by atoms with E-state index >= 15 is 0 Å². The minimum atomic E-state index is -0.0839. The summed E-state index contributed by atoms with van der Waals surface area (Å²) >= 11 is 0. The maximum atomic E-state index is 12.5. The number of amides is 1. The molecule has 108 valence electrons. The van der Waals surface area contributed by atoms with Crippen LogP contribution in [0.25, 0.3) is 0 Å². The van der Waals surface area contributed by atoms with Gasteiger partial charge in [-0.05, 0) is 24.0 Å². The molecule has 0 bridgehead atoms. The van der Waals surface area contributed by atoms with Gasteiger partial charge in [0.15, 0.2) is 0 Å². The van der Waals surface area contributed by atoms with Gasteiger partial charge < -0.3 is 10.1 Å². The van der Waals surface area contributed by atoms with Gasteiger partial charge in [0, 0.05) is 6.54 Å². The van der Waals surface area contributed by atoms with Gasteiger partial charge in [0.1, 0.15) is 0 Å². The van der Waals surface area contributed by atoms with Crippen LogP contribution in [0.15, 0.2) is 30.5 Å². The van der Waals surface area contributed by atoms with E-state index < -0.39 is 0 Å². The molecule has 2 aromatic rings. The minimum absolute atomic E-state index is 0.0524. The number of nitrogens with one attached hydrogen (secondary N) is 1. The molecule has 0 fully saturated rings. The zero-order valence-electron chi connectivity index (χ0n) is 11.7. The number of rotatable bonds is 2. The highest BCUT2D eigenvalue weighted by atomic mass is 16.5. The average Bonchev–Trinajstić information content (AvgIpc) is 3.10. The molecule has 0 saturated carbocycles. The fraction of sp³-hybridized carbons (Fsp3) is 0.375. The molecule has 0 aliphatic carbocycles. The topological polar surface area (TPSA) is 56.1 Å². The Kier molecular flexibility index (Phi) is 3.00. The monoisotopic (exact) mass is 283 g/mol. The Morgan fingerprint density at radius 1 is 1.38 bits per heavy atom. The molecule has 0 spiro atoms. The quantitative estimate of drug-likeness (QED) is 0.915. The van der Waals surface area contributed by atoms with Crippen LogP contribution in [0.1, 0.15) is 39.6 Å². The van der Waals surface area contributed by atoms with Crippen molar-refractivity contribution in [1.82, 2.24) is 15.1 Å². The first-order valence-corrected chi connectivity index (χ1v) is 7.34. The van der Waals surface area contributed by atoms with Crippen LogP contribution >= 0.6 is 0 Å². The fourth-order valence-electron chi connectivity index (χ4n) is 3.19. The number of ether oxygens (including phenoxy) is 1. The summed E-state index contributed by atoms with van der Waals surface area (Å²) in [5, 5.41) is 7.37. The molecule has 1 unspecified atom stereocenters. The summed E-state index contributed by atoms with van der Waals surface area (Å²) in [6.45, 7) is 2.05. The summed E-state index contributed by atoms with van der Waals surface area (Å²) < 4.78 is 7.51. The molecule has 2 aliphatic rings. The Balaban J connectivity index is 1.58.